The molecule has 14 heteroatoms. The monoisotopic (exact) mass is 661 g/mol. The summed E-state index contributed by atoms with van der Waals surface area (Å²) in [5.41, 5.74) is -0.721. The van der Waals surface area contributed by atoms with Gasteiger partial charge in [-0.25, -0.2) is 14.8 Å². The molecule has 3 fully saturated rings. The zero-order valence-electron chi connectivity index (χ0n) is 26.3. The second kappa shape index (κ2) is 12.7. The summed E-state index contributed by atoms with van der Waals surface area (Å²) in [6.07, 6.45) is 13.2. The van der Waals surface area contributed by atoms with Crippen LogP contribution in [0.5, 0.6) is 5.88 Å². The van der Waals surface area contributed by atoms with Crippen molar-refractivity contribution in [2.45, 2.75) is 87.9 Å². The summed E-state index contributed by atoms with van der Waals surface area (Å²) in [6.45, 7) is 0.0733. The van der Waals surface area contributed by atoms with Gasteiger partial charge in [-0.05, 0) is 55.9 Å². The van der Waals surface area contributed by atoms with E-state index in [4.69, 9.17) is 9.72 Å². The van der Waals surface area contributed by atoms with Crippen molar-refractivity contribution in [3.05, 3.63) is 36.0 Å². The second-order valence-electron chi connectivity index (χ2n) is 13.2. The molecule has 2 saturated carbocycles. The minimum absolute atomic E-state index is 0.0733. The standard InChI is InChI=1S/C33H39N7O6S/c1-39-13-12-34-28(39)27-36-22-11-14-47-26(22)30(37-27)46-21-16-24-29(42)38-33(32(44)45)17-20(33)7-5-3-2-4-6-8-23(31(43)40(24)18-21)35-25(41)15-19-9-10-19/h5,7,11-14,19-21,23-24H,2-4,6,8-10,15-18H2,1H3,(H,35,41)(H,38,42)(H,44,45)/t20-,21-,23+,24+,33-/m1/s1. The molecule has 1 saturated heterocycles. The Balaban J connectivity index is 1.19. The lowest BCUT2D eigenvalue weighted by Gasteiger charge is -2.29. The van der Waals surface area contributed by atoms with E-state index < -0.39 is 35.6 Å². The Morgan fingerprint density at radius 1 is 1.19 bits per heavy atom. The Hall–Kier alpha value is -4.33. The molecule has 0 unspecified atom stereocenters. The molecule has 0 spiro atoms. The van der Waals surface area contributed by atoms with Crippen LogP contribution in [0.1, 0.15) is 64.2 Å². The van der Waals surface area contributed by atoms with Crippen LogP contribution in [0.3, 0.4) is 0 Å². The van der Waals surface area contributed by atoms with E-state index in [1.807, 2.05) is 35.2 Å². The largest absolute Gasteiger partial charge is 0.479 e. The predicted octanol–water partition coefficient (Wildman–Crippen LogP) is 3.20. The molecule has 0 bridgehead atoms. The van der Waals surface area contributed by atoms with E-state index in [9.17, 15) is 24.3 Å². The highest BCUT2D eigenvalue weighted by molar-refractivity contribution is 7.17. The number of aliphatic carboxylic acids is 1. The van der Waals surface area contributed by atoms with Crippen LogP contribution in [0.15, 0.2) is 36.0 Å². The zero-order valence-corrected chi connectivity index (χ0v) is 27.1. The van der Waals surface area contributed by atoms with E-state index >= 15 is 0 Å². The normalized spacial score (nSPS) is 28.1. The molecule has 248 valence electrons. The minimum Gasteiger partial charge on any atom is -0.479 e. The van der Waals surface area contributed by atoms with Crippen molar-refractivity contribution in [1.29, 1.82) is 0 Å². The zero-order chi connectivity index (χ0) is 32.7. The van der Waals surface area contributed by atoms with Gasteiger partial charge in [0.2, 0.25) is 23.6 Å². The van der Waals surface area contributed by atoms with E-state index in [1.165, 1.54) is 16.2 Å². The fourth-order valence-corrected chi connectivity index (χ4v) is 7.50. The summed E-state index contributed by atoms with van der Waals surface area (Å²) >= 11 is 1.43. The van der Waals surface area contributed by atoms with Gasteiger partial charge in [-0.3, -0.25) is 14.4 Å². The molecule has 13 nitrogen and oxygen atoms in total. The maximum Gasteiger partial charge on any atom is 0.330 e. The van der Waals surface area contributed by atoms with Crippen LogP contribution in [0.25, 0.3) is 21.9 Å². The summed E-state index contributed by atoms with van der Waals surface area (Å²) in [5.74, 6) is -0.844. The van der Waals surface area contributed by atoms with Crippen molar-refractivity contribution in [3.63, 3.8) is 0 Å². The number of carboxylic acids is 1. The van der Waals surface area contributed by atoms with Gasteiger partial charge >= 0.3 is 5.97 Å². The van der Waals surface area contributed by atoms with Gasteiger partial charge in [0.1, 0.15) is 28.4 Å². The Morgan fingerprint density at radius 2 is 2.04 bits per heavy atom. The van der Waals surface area contributed by atoms with E-state index in [1.54, 1.807) is 12.4 Å². The number of amides is 3. The number of nitrogens with one attached hydrogen (secondary N) is 2. The first-order valence-electron chi connectivity index (χ1n) is 16.4. The number of aryl methyl sites for hydroxylation is 1. The van der Waals surface area contributed by atoms with Crippen molar-refractivity contribution in [2.75, 3.05) is 6.54 Å². The molecule has 4 aliphatic rings. The number of imidazole rings is 1. The third kappa shape index (κ3) is 6.47. The molecular formula is C33H39N7O6S. The van der Waals surface area contributed by atoms with Crippen LogP contribution in [-0.4, -0.2) is 83.5 Å². The molecule has 0 aromatic carbocycles. The summed E-state index contributed by atoms with van der Waals surface area (Å²) in [5, 5.41) is 17.8. The van der Waals surface area contributed by atoms with Crippen LogP contribution in [-0.2, 0) is 26.2 Å². The maximum atomic E-state index is 14.3. The second-order valence-corrected chi connectivity index (χ2v) is 14.2. The van der Waals surface area contributed by atoms with Crippen LogP contribution >= 0.6 is 11.3 Å². The lowest BCUT2D eigenvalue weighted by atomic mass is 10.0. The Labute approximate surface area is 275 Å². The molecule has 5 atom stereocenters. The number of hydrogen-bond acceptors (Lipinski definition) is 9. The third-order valence-corrected chi connectivity index (χ3v) is 10.6. The summed E-state index contributed by atoms with van der Waals surface area (Å²) in [6, 6.07) is 0.0878. The average molecular weight is 662 g/mol. The number of allylic oxidation sites excluding steroid dienone is 1. The van der Waals surface area contributed by atoms with Crippen LogP contribution in [0.4, 0.5) is 0 Å². The van der Waals surface area contributed by atoms with Gasteiger partial charge in [0.25, 0.3) is 0 Å². The first-order valence-corrected chi connectivity index (χ1v) is 17.3. The molecular weight excluding hydrogens is 622 g/mol. The number of aromatic nitrogens is 4. The molecule has 3 aromatic heterocycles. The number of hydrogen-bond donors (Lipinski definition) is 3. The van der Waals surface area contributed by atoms with Crippen molar-refractivity contribution < 1.29 is 29.0 Å². The number of carbonyl (C=O) groups is 4. The number of carbonyl (C=O) groups excluding carboxylic acids is 3. The number of ether oxygens (including phenoxy) is 1. The van der Waals surface area contributed by atoms with Crippen LogP contribution in [0.2, 0.25) is 0 Å². The lowest BCUT2D eigenvalue weighted by Crippen LogP contribution is -2.56. The van der Waals surface area contributed by atoms with Gasteiger partial charge in [0.05, 0.1) is 12.1 Å². The fraction of sp³-hybridized carbons (Fsp3) is 0.545. The van der Waals surface area contributed by atoms with E-state index in [-0.39, 0.29) is 37.1 Å². The number of carboxylic acid groups (broad SMARTS) is 1. The van der Waals surface area contributed by atoms with Crippen LogP contribution < -0.4 is 15.4 Å². The molecule has 5 heterocycles. The minimum atomic E-state index is -1.41. The Bertz CT molecular complexity index is 1730. The summed E-state index contributed by atoms with van der Waals surface area (Å²) in [4.78, 5) is 68.8. The molecule has 47 heavy (non-hydrogen) atoms. The number of nitrogens with zero attached hydrogens (tertiary/aromatic N) is 5. The summed E-state index contributed by atoms with van der Waals surface area (Å²) in [7, 11) is 1.85. The van der Waals surface area contributed by atoms with Gasteiger partial charge < -0.3 is 29.9 Å². The van der Waals surface area contributed by atoms with Gasteiger partial charge in [0, 0.05) is 38.2 Å². The smallest absolute Gasteiger partial charge is 0.330 e. The van der Waals surface area contributed by atoms with E-state index in [0.29, 0.717) is 41.8 Å². The molecule has 2 aliphatic heterocycles. The molecule has 2 aliphatic carbocycles. The van der Waals surface area contributed by atoms with E-state index in [2.05, 4.69) is 20.6 Å². The van der Waals surface area contributed by atoms with Crippen molar-refractivity contribution in [2.24, 2.45) is 18.9 Å². The SMILES string of the molecule is Cn1ccnc1-c1nc(O[C@@H]2C[C@H]3C(=O)N[C@]4(C(=O)O)C[C@H]4C=CCCCCC[C@H](NC(=O)CC4CC4)C(=O)N3C2)c2sccc2n1. The molecule has 3 aromatic rings. The van der Waals surface area contributed by atoms with Gasteiger partial charge in [0.15, 0.2) is 11.6 Å². The van der Waals surface area contributed by atoms with Gasteiger partial charge in [-0.15, -0.1) is 11.3 Å². The van der Waals surface area contributed by atoms with Gasteiger partial charge in [-0.1, -0.05) is 25.0 Å². The highest BCUT2D eigenvalue weighted by atomic mass is 32.1. The third-order valence-electron chi connectivity index (χ3n) is 9.70. The number of fused-ring (bicyclic) bond motifs is 3. The fourth-order valence-electron chi connectivity index (χ4n) is 6.74. The van der Waals surface area contributed by atoms with Crippen molar-refractivity contribution >= 4 is 45.2 Å². The van der Waals surface area contributed by atoms with Gasteiger partial charge in [-0.2, -0.15) is 4.98 Å². The highest BCUT2D eigenvalue weighted by Crippen LogP contribution is 2.45. The molecule has 3 amide bonds. The molecule has 0 radical (unpaired) electrons. The maximum absolute atomic E-state index is 14.3. The van der Waals surface area contributed by atoms with Crippen molar-refractivity contribution in [1.82, 2.24) is 35.1 Å². The molecule has 7 rings (SSSR count). The lowest BCUT2D eigenvalue weighted by molar-refractivity contribution is -0.146. The topological polar surface area (TPSA) is 169 Å². The number of thiophene rings is 1. The first-order chi connectivity index (χ1) is 22.7. The average Bonchev–Trinajstić information content (AvgIpc) is 3.76. The first kappa shape index (κ1) is 31.3. The Morgan fingerprint density at radius 3 is 2.81 bits per heavy atom. The van der Waals surface area contributed by atoms with Crippen molar-refractivity contribution in [3.8, 4) is 17.5 Å². The molecule has 3 N–H and O–H groups in total. The predicted molar refractivity (Wildman–Crippen MR) is 172 cm³/mol. The quantitative estimate of drug-likeness (QED) is 0.322. The number of rotatable bonds is 7. The van der Waals surface area contributed by atoms with E-state index in [0.717, 1.165) is 43.2 Å². The Kier molecular flexibility index (Phi) is 8.45. The highest BCUT2D eigenvalue weighted by Gasteiger charge is 2.61. The summed E-state index contributed by atoms with van der Waals surface area (Å²) < 4.78 is 9.02. The van der Waals surface area contributed by atoms with Crippen LogP contribution in [0, 0.1) is 11.8 Å².